The van der Waals surface area contributed by atoms with Gasteiger partial charge in [0.05, 0.1) is 5.92 Å². The molecule has 1 heterocycles. The van der Waals surface area contributed by atoms with E-state index in [0.717, 1.165) is 28.2 Å². The molecule has 0 fully saturated rings. The van der Waals surface area contributed by atoms with Crippen LogP contribution in [0.3, 0.4) is 0 Å². The van der Waals surface area contributed by atoms with E-state index in [1.54, 1.807) is 4.90 Å². The van der Waals surface area contributed by atoms with E-state index in [-0.39, 0.29) is 18.6 Å². The zero-order valence-electron chi connectivity index (χ0n) is 15.2. The van der Waals surface area contributed by atoms with Crippen molar-refractivity contribution in [2.24, 2.45) is 0 Å². The summed E-state index contributed by atoms with van der Waals surface area (Å²) in [6.45, 7) is 0.753. The number of nitrogens with zero attached hydrogens (tertiary/aromatic N) is 1. The monoisotopic (exact) mass is 359 g/mol. The number of carbonyl (C=O) groups excluding carboxylic acids is 1. The molecule has 27 heavy (non-hydrogen) atoms. The molecular formula is C23H21NO3. The van der Waals surface area contributed by atoms with Crippen molar-refractivity contribution in [3.8, 4) is 11.5 Å². The summed E-state index contributed by atoms with van der Waals surface area (Å²) in [5.41, 5.74) is 2.99. The van der Waals surface area contributed by atoms with Crippen LogP contribution in [0.1, 0.15) is 22.6 Å². The van der Waals surface area contributed by atoms with Crippen molar-refractivity contribution in [3.63, 3.8) is 0 Å². The normalized spacial score (nSPS) is 12.2. The summed E-state index contributed by atoms with van der Waals surface area (Å²) >= 11 is 0. The molecule has 0 aromatic heterocycles. The van der Waals surface area contributed by atoms with Gasteiger partial charge in [-0.2, -0.15) is 0 Å². The molecule has 1 aliphatic rings. The summed E-state index contributed by atoms with van der Waals surface area (Å²) < 4.78 is 10.8. The third kappa shape index (κ3) is 3.65. The van der Waals surface area contributed by atoms with Gasteiger partial charge in [-0.25, -0.2) is 0 Å². The first-order chi connectivity index (χ1) is 13.2. The maximum Gasteiger partial charge on any atom is 0.234 e. The molecule has 0 aliphatic carbocycles. The highest BCUT2D eigenvalue weighted by Gasteiger charge is 2.26. The minimum Gasteiger partial charge on any atom is -0.454 e. The molecular weight excluding hydrogens is 338 g/mol. The second-order valence-electron chi connectivity index (χ2n) is 6.64. The van der Waals surface area contributed by atoms with Gasteiger partial charge in [0, 0.05) is 13.6 Å². The summed E-state index contributed by atoms with van der Waals surface area (Å²) in [7, 11) is 1.84. The lowest BCUT2D eigenvalue weighted by molar-refractivity contribution is -0.131. The summed E-state index contributed by atoms with van der Waals surface area (Å²) in [6, 6.07) is 25.6. The molecule has 1 aliphatic heterocycles. The summed E-state index contributed by atoms with van der Waals surface area (Å²) in [5, 5.41) is 0. The van der Waals surface area contributed by atoms with Crippen molar-refractivity contribution < 1.29 is 14.3 Å². The van der Waals surface area contributed by atoms with Crippen LogP contribution >= 0.6 is 0 Å². The van der Waals surface area contributed by atoms with Gasteiger partial charge in [0.1, 0.15) is 0 Å². The first-order valence-corrected chi connectivity index (χ1v) is 8.96. The summed E-state index contributed by atoms with van der Waals surface area (Å²) in [6.07, 6.45) is 0. The number of amides is 1. The van der Waals surface area contributed by atoms with Crippen molar-refractivity contribution >= 4 is 5.91 Å². The quantitative estimate of drug-likeness (QED) is 0.685. The molecule has 0 N–H and O–H groups in total. The number of likely N-dealkylation sites (N-methyl/N-ethyl adjacent to an activating group) is 1. The molecule has 4 rings (SSSR count). The predicted molar refractivity (Wildman–Crippen MR) is 104 cm³/mol. The largest absolute Gasteiger partial charge is 0.454 e. The highest BCUT2D eigenvalue weighted by molar-refractivity contribution is 5.87. The molecule has 1 amide bonds. The van der Waals surface area contributed by atoms with Crippen LogP contribution < -0.4 is 9.47 Å². The van der Waals surface area contributed by atoms with Crippen LogP contribution in [0.15, 0.2) is 78.9 Å². The van der Waals surface area contributed by atoms with Gasteiger partial charge in [-0.05, 0) is 28.8 Å². The number of fused-ring (bicyclic) bond motifs is 1. The summed E-state index contributed by atoms with van der Waals surface area (Å²) in [4.78, 5) is 15.1. The van der Waals surface area contributed by atoms with Crippen LogP contribution in [-0.4, -0.2) is 24.6 Å². The average Bonchev–Trinajstić information content (AvgIpc) is 3.17. The number of hydrogen-bond donors (Lipinski definition) is 0. The van der Waals surface area contributed by atoms with Gasteiger partial charge in [0.25, 0.3) is 0 Å². The Morgan fingerprint density at radius 2 is 1.48 bits per heavy atom. The van der Waals surface area contributed by atoms with Crippen LogP contribution in [0.25, 0.3) is 0 Å². The minimum absolute atomic E-state index is 0.0602. The van der Waals surface area contributed by atoms with Crippen LogP contribution in [0, 0.1) is 0 Å². The molecule has 3 aromatic rings. The van der Waals surface area contributed by atoms with Gasteiger partial charge < -0.3 is 14.4 Å². The Hall–Kier alpha value is -3.27. The molecule has 0 saturated heterocycles. The van der Waals surface area contributed by atoms with Crippen molar-refractivity contribution in [1.29, 1.82) is 0 Å². The van der Waals surface area contributed by atoms with Crippen LogP contribution in [0.4, 0.5) is 0 Å². The zero-order valence-corrected chi connectivity index (χ0v) is 15.2. The van der Waals surface area contributed by atoms with Crippen LogP contribution in [-0.2, 0) is 11.3 Å². The highest BCUT2D eigenvalue weighted by Crippen LogP contribution is 2.33. The van der Waals surface area contributed by atoms with E-state index in [2.05, 4.69) is 0 Å². The smallest absolute Gasteiger partial charge is 0.234 e. The van der Waals surface area contributed by atoms with Gasteiger partial charge in [-0.3, -0.25) is 4.79 Å². The molecule has 0 bridgehead atoms. The fraction of sp³-hybridized carbons (Fsp3) is 0.174. The number of ether oxygens (including phenoxy) is 2. The molecule has 0 unspecified atom stereocenters. The van der Waals surface area contributed by atoms with Gasteiger partial charge in [0.15, 0.2) is 11.5 Å². The Bertz CT molecular complexity index is 885. The predicted octanol–water partition coefficient (Wildman–Crippen LogP) is 4.21. The van der Waals surface area contributed by atoms with Gasteiger partial charge in [0.2, 0.25) is 12.7 Å². The van der Waals surface area contributed by atoms with E-state index in [9.17, 15) is 4.79 Å². The lowest BCUT2D eigenvalue weighted by atomic mass is 9.90. The number of carbonyl (C=O) groups is 1. The molecule has 4 nitrogen and oxygen atoms in total. The van der Waals surface area contributed by atoms with E-state index < -0.39 is 0 Å². The molecule has 0 radical (unpaired) electrons. The fourth-order valence-electron chi connectivity index (χ4n) is 3.38. The second-order valence-corrected chi connectivity index (χ2v) is 6.64. The number of rotatable bonds is 5. The van der Waals surface area contributed by atoms with Crippen LogP contribution in [0.5, 0.6) is 11.5 Å². The maximum atomic E-state index is 13.4. The first kappa shape index (κ1) is 17.2. The third-order valence-electron chi connectivity index (χ3n) is 4.75. The number of hydrogen-bond acceptors (Lipinski definition) is 3. The maximum absolute atomic E-state index is 13.4. The Labute approximate surface area is 159 Å². The van der Waals surface area contributed by atoms with E-state index in [0.29, 0.717) is 6.54 Å². The molecule has 0 saturated carbocycles. The van der Waals surface area contributed by atoms with Gasteiger partial charge >= 0.3 is 0 Å². The topological polar surface area (TPSA) is 38.8 Å². The van der Waals surface area contributed by atoms with E-state index in [1.165, 1.54) is 0 Å². The minimum atomic E-state index is -0.327. The Kier molecular flexibility index (Phi) is 4.79. The van der Waals surface area contributed by atoms with Gasteiger partial charge in [-0.1, -0.05) is 66.7 Å². The fourth-order valence-corrected chi connectivity index (χ4v) is 3.38. The lowest BCUT2D eigenvalue weighted by Crippen LogP contribution is -2.32. The number of benzene rings is 3. The second kappa shape index (κ2) is 7.54. The first-order valence-electron chi connectivity index (χ1n) is 8.96. The van der Waals surface area contributed by atoms with Crippen LogP contribution in [0.2, 0.25) is 0 Å². The lowest BCUT2D eigenvalue weighted by Gasteiger charge is -2.25. The van der Waals surface area contributed by atoms with E-state index in [4.69, 9.17) is 9.47 Å². The van der Waals surface area contributed by atoms with Gasteiger partial charge in [-0.15, -0.1) is 0 Å². The average molecular weight is 359 g/mol. The van der Waals surface area contributed by atoms with Crippen molar-refractivity contribution in [1.82, 2.24) is 4.90 Å². The Morgan fingerprint density at radius 1 is 0.889 bits per heavy atom. The zero-order chi connectivity index (χ0) is 18.6. The molecule has 0 atom stereocenters. The molecule has 4 heteroatoms. The summed E-state index contributed by atoms with van der Waals surface area (Å²) in [5.74, 6) is 1.21. The Balaban J connectivity index is 1.59. The highest BCUT2D eigenvalue weighted by atomic mass is 16.7. The molecule has 136 valence electrons. The third-order valence-corrected chi connectivity index (χ3v) is 4.75. The van der Waals surface area contributed by atoms with Crippen molar-refractivity contribution in [3.05, 3.63) is 95.6 Å². The molecule has 0 spiro atoms. The SMILES string of the molecule is CN(Cc1ccc2c(c1)OCO2)C(=O)C(c1ccccc1)c1ccccc1. The molecule has 3 aromatic carbocycles. The Morgan fingerprint density at radius 3 is 2.11 bits per heavy atom. The standard InChI is InChI=1S/C23H21NO3/c1-24(15-17-12-13-20-21(14-17)27-16-26-20)23(25)22(18-8-4-2-5-9-18)19-10-6-3-7-11-19/h2-14,22H,15-16H2,1H3. The van der Waals surface area contributed by atoms with E-state index in [1.807, 2.05) is 85.9 Å². The van der Waals surface area contributed by atoms with Crippen molar-refractivity contribution in [2.75, 3.05) is 13.8 Å². The van der Waals surface area contributed by atoms with Crippen molar-refractivity contribution in [2.45, 2.75) is 12.5 Å². The van der Waals surface area contributed by atoms with E-state index >= 15 is 0 Å².